The highest BCUT2D eigenvalue weighted by Crippen LogP contribution is 2.19. The summed E-state index contributed by atoms with van der Waals surface area (Å²) in [5.41, 5.74) is 3.26. The molecule has 0 aliphatic heterocycles. The quantitative estimate of drug-likeness (QED) is 0.728. The minimum atomic E-state index is 0.183. The largest absolute Gasteiger partial charge is 0.491 e. The number of aliphatic hydroxyl groups excluding tert-OH is 1. The second kappa shape index (κ2) is 7.29. The lowest BCUT2D eigenvalue weighted by Crippen LogP contribution is -2.12. The lowest BCUT2D eigenvalue weighted by Gasteiger charge is -2.12. The normalized spacial score (nSPS) is 11.0. The Morgan fingerprint density at radius 1 is 1.09 bits per heavy atom. The van der Waals surface area contributed by atoms with Crippen LogP contribution in [0, 0.1) is 6.92 Å². The topological polar surface area (TPSA) is 47.3 Å². The number of fused-ring (bicyclic) bond motifs is 1. The van der Waals surface area contributed by atoms with Crippen molar-refractivity contribution in [3.05, 3.63) is 59.9 Å². The number of hydrogen-bond donors (Lipinski definition) is 1. The van der Waals surface area contributed by atoms with Crippen LogP contribution in [-0.2, 0) is 13.0 Å². The zero-order valence-corrected chi connectivity index (χ0v) is 13.4. The first-order valence-electron chi connectivity index (χ1n) is 8.03. The number of nitrogens with zero attached hydrogens (tertiary/aromatic N) is 2. The fourth-order valence-corrected chi connectivity index (χ4v) is 2.77. The number of para-hydroxylation sites is 3. The average molecular weight is 310 g/mol. The van der Waals surface area contributed by atoms with Gasteiger partial charge in [0.15, 0.2) is 0 Å². The van der Waals surface area contributed by atoms with Crippen molar-refractivity contribution in [1.29, 1.82) is 0 Å². The number of aryl methyl sites for hydroxylation is 2. The van der Waals surface area contributed by atoms with Crippen LogP contribution in [0.25, 0.3) is 11.0 Å². The first-order chi connectivity index (χ1) is 11.3. The van der Waals surface area contributed by atoms with E-state index in [1.807, 2.05) is 36.4 Å². The lowest BCUT2D eigenvalue weighted by atomic mass is 10.2. The van der Waals surface area contributed by atoms with Crippen LogP contribution in [0.4, 0.5) is 0 Å². The van der Waals surface area contributed by atoms with Crippen molar-refractivity contribution in [1.82, 2.24) is 9.55 Å². The Balaban J connectivity index is 1.77. The molecule has 0 aliphatic carbocycles. The third kappa shape index (κ3) is 3.54. The fraction of sp³-hybridized carbons (Fsp3) is 0.316. The molecule has 0 atom stereocenters. The third-order valence-electron chi connectivity index (χ3n) is 3.96. The Morgan fingerprint density at radius 3 is 2.70 bits per heavy atom. The number of rotatable bonds is 7. The standard InChI is InChI=1S/C19H22N2O2/c1-15-7-2-5-10-18(15)23-14-12-21-17-9-4-3-8-16(17)20-19(21)11-6-13-22/h2-5,7-10,22H,6,11-14H2,1H3. The molecular formula is C19H22N2O2. The van der Waals surface area contributed by atoms with Gasteiger partial charge in [0, 0.05) is 13.0 Å². The SMILES string of the molecule is Cc1ccccc1OCCn1c(CCCO)nc2ccccc21. The van der Waals surface area contributed by atoms with Gasteiger partial charge in [-0.3, -0.25) is 0 Å². The molecular weight excluding hydrogens is 288 g/mol. The van der Waals surface area contributed by atoms with E-state index in [0.717, 1.165) is 47.6 Å². The van der Waals surface area contributed by atoms with Gasteiger partial charge in [-0.2, -0.15) is 0 Å². The number of ether oxygens (including phenoxy) is 1. The molecule has 120 valence electrons. The van der Waals surface area contributed by atoms with Crippen molar-refractivity contribution < 1.29 is 9.84 Å². The van der Waals surface area contributed by atoms with E-state index in [9.17, 15) is 0 Å². The maximum Gasteiger partial charge on any atom is 0.122 e. The summed E-state index contributed by atoms with van der Waals surface area (Å²) >= 11 is 0. The maximum atomic E-state index is 9.09. The van der Waals surface area contributed by atoms with Gasteiger partial charge in [-0.1, -0.05) is 30.3 Å². The van der Waals surface area contributed by atoms with E-state index in [1.54, 1.807) is 0 Å². The summed E-state index contributed by atoms with van der Waals surface area (Å²) < 4.78 is 8.12. The molecule has 0 saturated heterocycles. The predicted molar refractivity (Wildman–Crippen MR) is 91.8 cm³/mol. The summed E-state index contributed by atoms with van der Waals surface area (Å²) in [5, 5.41) is 9.09. The Hall–Kier alpha value is -2.33. The fourth-order valence-electron chi connectivity index (χ4n) is 2.77. The van der Waals surface area contributed by atoms with Crippen molar-refractivity contribution in [2.24, 2.45) is 0 Å². The van der Waals surface area contributed by atoms with Gasteiger partial charge in [0.05, 0.1) is 17.6 Å². The van der Waals surface area contributed by atoms with Gasteiger partial charge in [-0.05, 0) is 37.1 Å². The van der Waals surface area contributed by atoms with E-state index in [4.69, 9.17) is 9.84 Å². The highest BCUT2D eigenvalue weighted by atomic mass is 16.5. The van der Waals surface area contributed by atoms with E-state index in [2.05, 4.69) is 28.6 Å². The zero-order chi connectivity index (χ0) is 16.1. The number of aliphatic hydroxyl groups is 1. The van der Waals surface area contributed by atoms with Gasteiger partial charge < -0.3 is 14.4 Å². The first-order valence-corrected chi connectivity index (χ1v) is 8.03. The molecule has 4 nitrogen and oxygen atoms in total. The van der Waals surface area contributed by atoms with E-state index >= 15 is 0 Å². The molecule has 0 amide bonds. The Labute approximate surface area is 136 Å². The Kier molecular flexibility index (Phi) is 4.93. The number of hydrogen-bond acceptors (Lipinski definition) is 3. The number of aromatic nitrogens is 2. The minimum Gasteiger partial charge on any atom is -0.491 e. The number of imidazole rings is 1. The monoisotopic (exact) mass is 310 g/mol. The van der Waals surface area contributed by atoms with Crippen molar-refractivity contribution >= 4 is 11.0 Å². The molecule has 0 bridgehead atoms. The molecule has 1 heterocycles. The van der Waals surface area contributed by atoms with Crippen molar-refractivity contribution in [2.75, 3.05) is 13.2 Å². The van der Waals surface area contributed by atoms with Crippen molar-refractivity contribution in [2.45, 2.75) is 26.3 Å². The van der Waals surface area contributed by atoms with Gasteiger partial charge in [-0.15, -0.1) is 0 Å². The van der Waals surface area contributed by atoms with Crippen LogP contribution < -0.4 is 4.74 Å². The molecule has 4 heteroatoms. The predicted octanol–water partition coefficient (Wildman–Crippen LogP) is 3.35. The molecule has 0 saturated carbocycles. The molecule has 0 fully saturated rings. The van der Waals surface area contributed by atoms with Gasteiger partial charge in [-0.25, -0.2) is 4.98 Å². The van der Waals surface area contributed by atoms with E-state index in [-0.39, 0.29) is 6.61 Å². The van der Waals surface area contributed by atoms with Crippen molar-refractivity contribution in [3.8, 4) is 5.75 Å². The van der Waals surface area contributed by atoms with Crippen molar-refractivity contribution in [3.63, 3.8) is 0 Å². The van der Waals surface area contributed by atoms with E-state index in [0.29, 0.717) is 6.61 Å². The van der Waals surface area contributed by atoms with Crippen LogP contribution in [0.3, 0.4) is 0 Å². The average Bonchev–Trinajstić information content (AvgIpc) is 2.92. The molecule has 3 aromatic rings. The summed E-state index contributed by atoms with van der Waals surface area (Å²) in [6.07, 6.45) is 1.50. The van der Waals surface area contributed by atoms with Crippen LogP contribution in [0.5, 0.6) is 5.75 Å². The van der Waals surface area contributed by atoms with Crippen LogP contribution in [0.15, 0.2) is 48.5 Å². The van der Waals surface area contributed by atoms with Gasteiger partial charge in [0.25, 0.3) is 0 Å². The van der Waals surface area contributed by atoms with Crippen LogP contribution in [0.2, 0.25) is 0 Å². The molecule has 0 radical (unpaired) electrons. The second-order valence-electron chi connectivity index (χ2n) is 5.61. The van der Waals surface area contributed by atoms with Gasteiger partial charge in [0.1, 0.15) is 18.2 Å². The Morgan fingerprint density at radius 2 is 1.87 bits per heavy atom. The third-order valence-corrected chi connectivity index (χ3v) is 3.96. The zero-order valence-electron chi connectivity index (χ0n) is 13.4. The maximum absolute atomic E-state index is 9.09. The summed E-state index contributed by atoms with van der Waals surface area (Å²) in [6.45, 7) is 3.57. The summed E-state index contributed by atoms with van der Waals surface area (Å²) in [7, 11) is 0. The molecule has 2 aromatic carbocycles. The smallest absolute Gasteiger partial charge is 0.122 e. The van der Waals surface area contributed by atoms with Crippen LogP contribution >= 0.6 is 0 Å². The van der Waals surface area contributed by atoms with Crippen LogP contribution in [-0.4, -0.2) is 27.9 Å². The van der Waals surface area contributed by atoms with E-state index in [1.165, 1.54) is 0 Å². The van der Waals surface area contributed by atoms with E-state index < -0.39 is 0 Å². The highest BCUT2D eigenvalue weighted by molar-refractivity contribution is 5.75. The second-order valence-corrected chi connectivity index (χ2v) is 5.61. The molecule has 0 unspecified atom stereocenters. The van der Waals surface area contributed by atoms with Gasteiger partial charge in [0.2, 0.25) is 0 Å². The number of benzene rings is 2. The molecule has 0 spiro atoms. The van der Waals surface area contributed by atoms with Crippen LogP contribution in [0.1, 0.15) is 17.8 Å². The first kappa shape index (κ1) is 15.6. The lowest BCUT2D eigenvalue weighted by molar-refractivity contribution is 0.283. The van der Waals surface area contributed by atoms with Gasteiger partial charge >= 0.3 is 0 Å². The summed E-state index contributed by atoms with van der Waals surface area (Å²) in [6, 6.07) is 16.2. The molecule has 1 N–H and O–H groups in total. The summed E-state index contributed by atoms with van der Waals surface area (Å²) in [4.78, 5) is 4.69. The summed E-state index contributed by atoms with van der Waals surface area (Å²) in [5.74, 6) is 1.93. The highest BCUT2D eigenvalue weighted by Gasteiger charge is 2.10. The molecule has 0 aliphatic rings. The minimum absolute atomic E-state index is 0.183. The molecule has 23 heavy (non-hydrogen) atoms. The molecule has 1 aromatic heterocycles. The molecule has 3 rings (SSSR count). The Bertz CT molecular complexity index is 780.